The molecule has 3 nitrogen and oxygen atoms in total. The fraction of sp³-hybridized carbons (Fsp3) is 0.500. The van der Waals surface area contributed by atoms with Gasteiger partial charge in [0, 0.05) is 6.54 Å². The molecule has 0 saturated carbocycles. The van der Waals surface area contributed by atoms with Crippen LogP contribution in [0.2, 0.25) is 0 Å². The third-order valence-electron chi connectivity index (χ3n) is 2.42. The molecule has 1 aromatic rings. The summed E-state index contributed by atoms with van der Waals surface area (Å²) in [4.78, 5) is 13.6. The SMILES string of the molecule is C[C@H]1S[C@@H](c2ccsc2)N(CCO)C1=O. The van der Waals surface area contributed by atoms with E-state index in [-0.39, 0.29) is 23.1 Å². The number of hydrogen-bond donors (Lipinski definition) is 1. The molecule has 15 heavy (non-hydrogen) atoms. The zero-order valence-corrected chi connectivity index (χ0v) is 10.1. The molecule has 2 atom stereocenters. The van der Waals surface area contributed by atoms with Crippen molar-refractivity contribution in [1.29, 1.82) is 0 Å². The average molecular weight is 243 g/mol. The lowest BCUT2D eigenvalue weighted by molar-refractivity contribution is -0.130. The molecule has 0 unspecified atom stereocenters. The van der Waals surface area contributed by atoms with Gasteiger partial charge in [-0.1, -0.05) is 0 Å². The molecule has 0 radical (unpaired) electrons. The number of aliphatic hydroxyl groups is 1. The van der Waals surface area contributed by atoms with Crippen molar-refractivity contribution in [3.05, 3.63) is 22.4 Å². The maximum Gasteiger partial charge on any atom is 0.236 e. The lowest BCUT2D eigenvalue weighted by Gasteiger charge is -2.22. The van der Waals surface area contributed by atoms with Crippen LogP contribution in [0.4, 0.5) is 0 Å². The highest BCUT2D eigenvalue weighted by molar-refractivity contribution is 8.01. The number of thioether (sulfide) groups is 1. The molecular formula is C10H13NO2S2. The van der Waals surface area contributed by atoms with E-state index in [2.05, 4.69) is 5.38 Å². The minimum atomic E-state index is 0.00134. The first-order valence-electron chi connectivity index (χ1n) is 4.83. The van der Waals surface area contributed by atoms with Gasteiger partial charge in [-0.05, 0) is 29.3 Å². The molecule has 2 rings (SSSR count). The Morgan fingerprint density at radius 1 is 1.60 bits per heavy atom. The second-order valence-electron chi connectivity index (χ2n) is 3.44. The molecule has 1 fully saturated rings. The van der Waals surface area contributed by atoms with Gasteiger partial charge in [0.1, 0.15) is 5.37 Å². The topological polar surface area (TPSA) is 40.5 Å². The summed E-state index contributed by atoms with van der Waals surface area (Å²) in [5, 5.41) is 13.1. The van der Waals surface area contributed by atoms with Crippen LogP contribution in [0.1, 0.15) is 17.9 Å². The Morgan fingerprint density at radius 2 is 2.40 bits per heavy atom. The van der Waals surface area contributed by atoms with Crippen LogP contribution in [0, 0.1) is 0 Å². The molecule has 1 amide bonds. The Bertz CT molecular complexity index is 339. The third kappa shape index (κ3) is 2.04. The molecule has 1 aliphatic heterocycles. The number of thiophene rings is 1. The van der Waals surface area contributed by atoms with E-state index in [4.69, 9.17) is 5.11 Å². The molecule has 0 spiro atoms. The summed E-state index contributed by atoms with van der Waals surface area (Å²) in [5.41, 5.74) is 1.16. The zero-order valence-electron chi connectivity index (χ0n) is 8.42. The van der Waals surface area contributed by atoms with Gasteiger partial charge >= 0.3 is 0 Å². The Balaban J connectivity index is 2.20. The third-order valence-corrected chi connectivity index (χ3v) is 4.51. The number of carbonyl (C=O) groups is 1. The van der Waals surface area contributed by atoms with Crippen LogP contribution < -0.4 is 0 Å². The lowest BCUT2D eigenvalue weighted by atomic mass is 10.3. The molecule has 0 aliphatic carbocycles. The van der Waals surface area contributed by atoms with Crippen molar-refractivity contribution in [1.82, 2.24) is 4.90 Å². The van der Waals surface area contributed by atoms with Crippen LogP contribution >= 0.6 is 23.1 Å². The Kier molecular flexibility index (Phi) is 3.33. The van der Waals surface area contributed by atoms with Gasteiger partial charge in [0.2, 0.25) is 5.91 Å². The number of hydrogen-bond acceptors (Lipinski definition) is 4. The summed E-state index contributed by atoms with van der Waals surface area (Å²) >= 11 is 3.29. The molecule has 1 aromatic heterocycles. The predicted octanol–water partition coefficient (Wildman–Crippen LogP) is 1.70. The lowest BCUT2D eigenvalue weighted by Crippen LogP contribution is -2.32. The molecular weight excluding hydrogens is 230 g/mol. The van der Waals surface area contributed by atoms with Crippen LogP contribution in [0.15, 0.2) is 16.8 Å². The Morgan fingerprint density at radius 3 is 3.00 bits per heavy atom. The summed E-state index contributed by atoms with van der Waals surface area (Å²) in [5.74, 6) is 0.130. The number of nitrogens with zero attached hydrogens (tertiary/aromatic N) is 1. The molecule has 1 saturated heterocycles. The van der Waals surface area contributed by atoms with Crippen molar-refractivity contribution < 1.29 is 9.90 Å². The van der Waals surface area contributed by atoms with Crippen molar-refractivity contribution in [2.45, 2.75) is 17.5 Å². The van der Waals surface area contributed by atoms with Crippen molar-refractivity contribution in [3.63, 3.8) is 0 Å². The number of amides is 1. The van der Waals surface area contributed by atoms with Crippen LogP contribution in [0.25, 0.3) is 0 Å². The van der Waals surface area contributed by atoms with Gasteiger partial charge in [-0.2, -0.15) is 11.3 Å². The van der Waals surface area contributed by atoms with E-state index in [9.17, 15) is 4.79 Å². The van der Waals surface area contributed by atoms with Gasteiger partial charge in [-0.25, -0.2) is 0 Å². The Labute approximate surface area is 97.1 Å². The van der Waals surface area contributed by atoms with Crippen molar-refractivity contribution in [2.75, 3.05) is 13.2 Å². The Hall–Kier alpha value is -0.520. The van der Waals surface area contributed by atoms with E-state index >= 15 is 0 Å². The molecule has 5 heteroatoms. The average Bonchev–Trinajstić information content (AvgIpc) is 2.81. The molecule has 1 N–H and O–H groups in total. The van der Waals surface area contributed by atoms with Crippen molar-refractivity contribution >= 4 is 29.0 Å². The normalized spacial score (nSPS) is 26.3. The first-order valence-corrected chi connectivity index (χ1v) is 6.71. The number of carbonyl (C=O) groups excluding carboxylic acids is 1. The van der Waals surface area contributed by atoms with Crippen molar-refractivity contribution in [2.24, 2.45) is 0 Å². The quantitative estimate of drug-likeness (QED) is 0.878. The predicted molar refractivity (Wildman–Crippen MR) is 62.9 cm³/mol. The first kappa shape index (κ1) is 11.0. The molecule has 82 valence electrons. The van der Waals surface area contributed by atoms with E-state index in [1.54, 1.807) is 28.0 Å². The van der Waals surface area contributed by atoms with Gasteiger partial charge < -0.3 is 10.0 Å². The van der Waals surface area contributed by atoms with Gasteiger partial charge in [0.25, 0.3) is 0 Å². The monoisotopic (exact) mass is 243 g/mol. The summed E-state index contributed by atoms with van der Waals surface area (Å²) in [6.45, 7) is 2.38. The fourth-order valence-corrected chi connectivity index (χ4v) is 3.75. The molecule has 0 aromatic carbocycles. The highest BCUT2D eigenvalue weighted by atomic mass is 32.2. The van der Waals surface area contributed by atoms with Gasteiger partial charge in [0.15, 0.2) is 0 Å². The summed E-state index contributed by atoms with van der Waals surface area (Å²) in [6, 6.07) is 2.04. The number of aliphatic hydroxyl groups excluding tert-OH is 1. The smallest absolute Gasteiger partial charge is 0.236 e. The summed E-state index contributed by atoms with van der Waals surface area (Å²) < 4.78 is 0. The highest BCUT2D eigenvalue weighted by Crippen LogP contribution is 2.43. The van der Waals surface area contributed by atoms with E-state index in [0.717, 1.165) is 5.56 Å². The van der Waals surface area contributed by atoms with E-state index in [1.165, 1.54) is 0 Å². The number of rotatable bonds is 3. The molecule has 0 bridgehead atoms. The van der Waals surface area contributed by atoms with Gasteiger partial charge in [0.05, 0.1) is 11.9 Å². The highest BCUT2D eigenvalue weighted by Gasteiger charge is 2.37. The first-order chi connectivity index (χ1) is 7.24. The molecule has 2 heterocycles. The van der Waals surface area contributed by atoms with Crippen LogP contribution in [0.3, 0.4) is 0 Å². The van der Waals surface area contributed by atoms with Crippen LogP contribution in [-0.2, 0) is 4.79 Å². The standard InChI is InChI=1S/C10H13NO2S2/c1-7-9(13)11(3-4-12)10(15-7)8-2-5-14-6-8/h2,5-7,10,12H,3-4H2,1H3/t7-,10+/m1/s1. The minimum absolute atomic E-state index is 0.00134. The summed E-state index contributed by atoms with van der Waals surface area (Å²) in [6.07, 6.45) is 0. The van der Waals surface area contributed by atoms with Crippen molar-refractivity contribution in [3.8, 4) is 0 Å². The second-order valence-corrected chi connectivity index (χ2v) is 5.65. The van der Waals surface area contributed by atoms with E-state index in [0.29, 0.717) is 6.54 Å². The maximum atomic E-state index is 11.8. The maximum absolute atomic E-state index is 11.8. The fourth-order valence-electron chi connectivity index (χ4n) is 1.68. The van der Waals surface area contributed by atoms with Gasteiger partial charge in [-0.3, -0.25) is 4.79 Å². The second kappa shape index (κ2) is 4.55. The number of β-amino-alcohol motifs (C(OH)–C–C–N with tert-alkyl or cyclic N) is 1. The zero-order chi connectivity index (χ0) is 10.8. The largest absolute Gasteiger partial charge is 0.395 e. The molecule has 1 aliphatic rings. The summed E-state index contributed by atoms with van der Waals surface area (Å²) in [7, 11) is 0. The van der Waals surface area contributed by atoms with E-state index < -0.39 is 0 Å². The van der Waals surface area contributed by atoms with E-state index in [1.807, 2.05) is 18.4 Å². The minimum Gasteiger partial charge on any atom is -0.395 e. The van der Waals surface area contributed by atoms with Gasteiger partial charge in [-0.15, -0.1) is 11.8 Å². The van der Waals surface area contributed by atoms with Crippen LogP contribution in [0.5, 0.6) is 0 Å². The van der Waals surface area contributed by atoms with Crippen LogP contribution in [-0.4, -0.2) is 34.3 Å².